The Labute approximate surface area is 433 Å². The van der Waals surface area contributed by atoms with E-state index in [-0.39, 0.29) is 0 Å². The molecule has 0 fully saturated rings. The lowest BCUT2D eigenvalue weighted by Crippen LogP contribution is -2.28. The molecule has 2 heteroatoms. The van der Waals surface area contributed by atoms with Gasteiger partial charge in [0, 0.05) is 22.3 Å². The molecule has 0 aliphatic heterocycles. The van der Waals surface area contributed by atoms with Crippen molar-refractivity contribution in [3.8, 4) is 22.3 Å². The lowest BCUT2D eigenvalue weighted by Gasteiger charge is -2.36. The second kappa shape index (κ2) is 17.7. The van der Waals surface area contributed by atoms with Crippen molar-refractivity contribution in [2.75, 3.05) is 9.80 Å². The van der Waals surface area contributed by atoms with E-state index >= 15 is 0 Å². The zero-order valence-corrected chi connectivity index (χ0v) is 40.8. The number of para-hydroxylation sites is 3. The van der Waals surface area contributed by atoms with E-state index in [0.717, 1.165) is 34.1 Å². The van der Waals surface area contributed by atoms with Crippen LogP contribution in [0.2, 0.25) is 0 Å². The molecular weight excluding hydrogens is 893 g/mol. The first-order chi connectivity index (χ1) is 36.8. The molecule has 12 aromatic rings. The summed E-state index contributed by atoms with van der Waals surface area (Å²) in [5, 5.41) is 2.37. The lowest BCUT2D eigenvalue weighted by molar-refractivity contribution is 0.768. The minimum atomic E-state index is -0.580. The van der Waals surface area contributed by atoms with E-state index in [1.54, 1.807) is 0 Å². The SMILES string of the molecule is c1ccc(N(c2ccccc2N(c2ccc(C3(c4ccccc4)c4ccccc4-c4ccccc43)cc2)c2cccc3c2-c2ccccc2C3(c2ccccc2)c2ccccc2)c2cccc3ccccc23)cc1. The van der Waals surface area contributed by atoms with Gasteiger partial charge >= 0.3 is 0 Å². The molecule has 2 nitrogen and oxygen atoms in total. The van der Waals surface area contributed by atoms with Crippen molar-refractivity contribution in [3.63, 3.8) is 0 Å². The molecule has 348 valence electrons. The molecule has 12 aromatic carbocycles. The molecule has 0 atom stereocenters. The zero-order valence-electron chi connectivity index (χ0n) is 40.8. The normalized spacial score (nSPS) is 13.4. The smallest absolute Gasteiger partial charge is 0.0714 e. The molecule has 74 heavy (non-hydrogen) atoms. The maximum absolute atomic E-state index is 2.54. The van der Waals surface area contributed by atoms with E-state index in [2.05, 4.69) is 313 Å². The highest BCUT2D eigenvalue weighted by Gasteiger charge is 2.48. The van der Waals surface area contributed by atoms with E-state index in [1.165, 1.54) is 77.5 Å². The predicted molar refractivity (Wildman–Crippen MR) is 308 cm³/mol. The van der Waals surface area contributed by atoms with E-state index in [0.29, 0.717) is 0 Å². The summed E-state index contributed by atoms with van der Waals surface area (Å²) < 4.78 is 0. The van der Waals surface area contributed by atoms with Gasteiger partial charge in [0.05, 0.1) is 33.6 Å². The van der Waals surface area contributed by atoms with Crippen LogP contribution in [0.1, 0.15) is 44.5 Å². The van der Waals surface area contributed by atoms with Gasteiger partial charge in [-0.3, -0.25) is 0 Å². The summed E-state index contributed by atoms with van der Waals surface area (Å²) in [7, 11) is 0. The molecule has 0 saturated carbocycles. The summed E-state index contributed by atoms with van der Waals surface area (Å²) in [6.45, 7) is 0. The Kier molecular flexibility index (Phi) is 10.3. The van der Waals surface area contributed by atoms with Gasteiger partial charge in [-0.05, 0) is 115 Å². The van der Waals surface area contributed by atoms with E-state index < -0.39 is 10.8 Å². The minimum Gasteiger partial charge on any atom is -0.308 e. The fraction of sp³-hybridized carbons (Fsp3) is 0.0278. The number of nitrogens with zero attached hydrogens (tertiary/aromatic N) is 2. The maximum Gasteiger partial charge on any atom is 0.0714 e. The van der Waals surface area contributed by atoms with Crippen molar-refractivity contribution >= 4 is 44.9 Å². The molecule has 0 bridgehead atoms. The van der Waals surface area contributed by atoms with Crippen LogP contribution in [-0.4, -0.2) is 0 Å². The summed E-state index contributed by atoms with van der Waals surface area (Å²) >= 11 is 0. The molecule has 0 heterocycles. The standard InChI is InChI=1S/C72H50N2/c1-5-27-52(28-6-1)71(62-39-18-15-36-59(62)60-37-16-19-40-63(60)71)55-47-49-57(50-48-55)74(68-44-22-21-43-67(68)73(56-33-11-4-12-34-56)66-45-23-26-51-25-13-14-35-58(51)66)69-46-24-42-65-70(69)61-38-17-20-41-64(61)72(65,53-29-7-2-8-30-53)54-31-9-3-10-32-54/h1-50H. The third-order valence-corrected chi connectivity index (χ3v) is 15.8. The first-order valence-electron chi connectivity index (χ1n) is 25.7. The summed E-state index contributed by atoms with van der Waals surface area (Å²) in [4.78, 5) is 4.98. The Morgan fingerprint density at radius 1 is 0.216 bits per heavy atom. The fourth-order valence-electron chi connectivity index (χ4n) is 12.9. The average Bonchev–Trinajstić information content (AvgIpc) is 3.97. The Morgan fingerprint density at radius 2 is 0.568 bits per heavy atom. The average molecular weight is 943 g/mol. The van der Waals surface area contributed by atoms with Crippen LogP contribution < -0.4 is 9.80 Å². The topological polar surface area (TPSA) is 6.48 Å². The maximum atomic E-state index is 2.54. The highest BCUT2D eigenvalue weighted by molar-refractivity contribution is 6.04. The van der Waals surface area contributed by atoms with Crippen LogP contribution in [0, 0.1) is 0 Å². The molecule has 0 N–H and O–H groups in total. The Bertz CT molecular complexity index is 3920. The van der Waals surface area contributed by atoms with Crippen molar-refractivity contribution in [1.29, 1.82) is 0 Å². The third kappa shape index (κ3) is 6.45. The number of rotatable bonds is 10. The molecule has 0 aromatic heterocycles. The minimum absolute atomic E-state index is 0.536. The van der Waals surface area contributed by atoms with Crippen molar-refractivity contribution in [2.24, 2.45) is 0 Å². The molecule has 2 aliphatic rings. The molecular formula is C72H50N2. The summed E-state index contributed by atoms with van der Waals surface area (Å²) in [6.07, 6.45) is 0. The van der Waals surface area contributed by atoms with Gasteiger partial charge in [0.1, 0.15) is 0 Å². The van der Waals surface area contributed by atoms with Crippen LogP contribution in [-0.2, 0) is 10.8 Å². The summed E-state index contributed by atoms with van der Waals surface area (Å²) in [5.74, 6) is 0. The second-order valence-corrected chi connectivity index (χ2v) is 19.5. The first kappa shape index (κ1) is 43.3. The largest absolute Gasteiger partial charge is 0.308 e. The van der Waals surface area contributed by atoms with Crippen molar-refractivity contribution in [3.05, 3.63) is 348 Å². The Balaban J connectivity index is 1.06. The van der Waals surface area contributed by atoms with Crippen LogP contribution in [0.3, 0.4) is 0 Å². The van der Waals surface area contributed by atoms with Crippen molar-refractivity contribution < 1.29 is 0 Å². The van der Waals surface area contributed by atoms with Gasteiger partial charge in [-0.2, -0.15) is 0 Å². The molecule has 0 saturated heterocycles. The molecule has 14 rings (SSSR count). The van der Waals surface area contributed by atoms with Crippen LogP contribution in [0.25, 0.3) is 33.0 Å². The molecule has 2 aliphatic carbocycles. The molecule has 0 spiro atoms. The number of hydrogen-bond acceptors (Lipinski definition) is 2. The van der Waals surface area contributed by atoms with E-state index in [4.69, 9.17) is 0 Å². The second-order valence-electron chi connectivity index (χ2n) is 19.5. The van der Waals surface area contributed by atoms with Gasteiger partial charge in [-0.1, -0.05) is 255 Å². The third-order valence-electron chi connectivity index (χ3n) is 15.8. The van der Waals surface area contributed by atoms with Crippen molar-refractivity contribution in [2.45, 2.75) is 10.8 Å². The summed E-state index contributed by atoms with van der Waals surface area (Å²) in [5.41, 5.74) is 20.4. The van der Waals surface area contributed by atoms with Gasteiger partial charge in [-0.25, -0.2) is 0 Å². The van der Waals surface area contributed by atoms with E-state index in [1.807, 2.05) is 0 Å². The Morgan fingerprint density at radius 3 is 1.15 bits per heavy atom. The fourth-order valence-corrected chi connectivity index (χ4v) is 12.9. The van der Waals surface area contributed by atoms with Crippen LogP contribution in [0.5, 0.6) is 0 Å². The molecule has 0 amide bonds. The first-order valence-corrected chi connectivity index (χ1v) is 25.7. The number of hydrogen-bond donors (Lipinski definition) is 0. The molecule has 0 radical (unpaired) electrons. The van der Waals surface area contributed by atoms with Gasteiger partial charge in [0.15, 0.2) is 0 Å². The quantitative estimate of drug-likeness (QED) is 0.135. The van der Waals surface area contributed by atoms with Crippen LogP contribution in [0.15, 0.2) is 303 Å². The number of anilines is 6. The number of fused-ring (bicyclic) bond motifs is 7. The predicted octanol–water partition coefficient (Wildman–Crippen LogP) is 18.5. The van der Waals surface area contributed by atoms with Gasteiger partial charge in [-0.15, -0.1) is 0 Å². The number of benzene rings is 12. The van der Waals surface area contributed by atoms with Crippen LogP contribution >= 0.6 is 0 Å². The monoisotopic (exact) mass is 942 g/mol. The van der Waals surface area contributed by atoms with E-state index in [9.17, 15) is 0 Å². The highest BCUT2D eigenvalue weighted by Crippen LogP contribution is 2.61. The lowest BCUT2D eigenvalue weighted by atomic mass is 9.67. The van der Waals surface area contributed by atoms with Gasteiger partial charge < -0.3 is 9.80 Å². The molecule has 0 unspecified atom stereocenters. The zero-order chi connectivity index (χ0) is 49.1. The summed E-state index contributed by atoms with van der Waals surface area (Å²) in [6, 6.07) is 112. The van der Waals surface area contributed by atoms with Crippen molar-refractivity contribution in [1.82, 2.24) is 0 Å². The highest BCUT2D eigenvalue weighted by atomic mass is 15.2. The van der Waals surface area contributed by atoms with Gasteiger partial charge in [0.2, 0.25) is 0 Å². The van der Waals surface area contributed by atoms with Gasteiger partial charge in [0.25, 0.3) is 0 Å². The Hall–Kier alpha value is -9.50. The van der Waals surface area contributed by atoms with Crippen LogP contribution in [0.4, 0.5) is 34.1 Å².